The average molecular weight is 520 g/mol. The van der Waals surface area contributed by atoms with Crippen LogP contribution in [0.2, 0.25) is 0 Å². The van der Waals surface area contributed by atoms with Gasteiger partial charge in [0.25, 0.3) is 0 Å². The average Bonchev–Trinajstić information content (AvgIpc) is 2.87. The molecule has 0 aliphatic heterocycles. The van der Waals surface area contributed by atoms with Crippen molar-refractivity contribution in [3.8, 4) is 5.75 Å². The molecule has 2 rings (SSSR count). The van der Waals surface area contributed by atoms with Crippen molar-refractivity contribution in [1.29, 1.82) is 0 Å². The Hall–Kier alpha value is -2.46. The van der Waals surface area contributed by atoms with Gasteiger partial charge in [0.05, 0.1) is 25.0 Å². The molecular formula is C27H41N3O5S. The number of aliphatic hydroxyl groups excluding tert-OH is 1. The van der Waals surface area contributed by atoms with Gasteiger partial charge < -0.3 is 20.5 Å². The van der Waals surface area contributed by atoms with E-state index in [0.717, 1.165) is 24.0 Å². The molecule has 8 nitrogen and oxygen atoms in total. The number of aliphatic hydroxyl groups is 1. The number of carbonyl (C=O) groups is 1. The fourth-order valence-electron chi connectivity index (χ4n) is 3.96. The van der Waals surface area contributed by atoms with E-state index in [9.17, 15) is 18.3 Å². The molecule has 0 heterocycles. The van der Waals surface area contributed by atoms with Crippen LogP contribution in [0, 0.1) is 0 Å². The first-order valence-corrected chi connectivity index (χ1v) is 14.2. The summed E-state index contributed by atoms with van der Waals surface area (Å²) in [4.78, 5) is 12.8. The zero-order valence-electron chi connectivity index (χ0n) is 21.7. The second-order valence-electron chi connectivity index (χ2n) is 8.88. The van der Waals surface area contributed by atoms with Gasteiger partial charge in [-0.2, -0.15) is 0 Å². The number of nitrogens with one attached hydrogen (secondary N) is 2. The van der Waals surface area contributed by atoms with Gasteiger partial charge in [-0.1, -0.05) is 56.3 Å². The van der Waals surface area contributed by atoms with Gasteiger partial charge in [0, 0.05) is 32.6 Å². The number of hydrogen-bond donors (Lipinski definition) is 3. The molecule has 0 unspecified atom stereocenters. The number of carbonyl (C=O) groups excluding carboxylic acids is 1. The third-order valence-corrected chi connectivity index (χ3v) is 7.72. The lowest BCUT2D eigenvalue weighted by atomic mass is 10.0. The zero-order valence-corrected chi connectivity index (χ0v) is 22.5. The zero-order chi connectivity index (χ0) is 26.4. The smallest absolute Gasteiger partial charge is 0.221 e. The molecule has 0 spiro atoms. The van der Waals surface area contributed by atoms with E-state index in [1.54, 1.807) is 7.11 Å². The highest BCUT2D eigenvalue weighted by Crippen LogP contribution is 2.15. The number of sulfonamides is 1. The molecule has 0 aromatic heterocycles. The third kappa shape index (κ3) is 10.3. The van der Waals surface area contributed by atoms with Crippen LogP contribution in [0.1, 0.15) is 44.2 Å². The van der Waals surface area contributed by atoms with E-state index in [0.29, 0.717) is 31.8 Å². The van der Waals surface area contributed by atoms with Gasteiger partial charge in [0.15, 0.2) is 0 Å². The lowest BCUT2D eigenvalue weighted by molar-refractivity contribution is -0.122. The predicted molar refractivity (Wildman–Crippen MR) is 143 cm³/mol. The summed E-state index contributed by atoms with van der Waals surface area (Å²) < 4.78 is 32.2. The molecule has 0 fully saturated rings. The largest absolute Gasteiger partial charge is 0.497 e. The van der Waals surface area contributed by atoms with E-state index in [1.165, 1.54) is 4.31 Å². The SMILES string of the molecule is CCCN(CCC)S(=O)(=O)CCC(=O)N[C@@H](Cc1cccc(OC)c1)[C@H](O)CNCc1ccccc1. The maximum atomic E-state index is 12.8. The highest BCUT2D eigenvalue weighted by atomic mass is 32.2. The van der Waals surface area contributed by atoms with Crippen molar-refractivity contribution >= 4 is 15.9 Å². The maximum Gasteiger partial charge on any atom is 0.221 e. The number of nitrogens with zero attached hydrogens (tertiary/aromatic N) is 1. The Bertz CT molecular complexity index is 1010. The molecular weight excluding hydrogens is 478 g/mol. The highest BCUT2D eigenvalue weighted by molar-refractivity contribution is 7.89. The summed E-state index contributed by atoms with van der Waals surface area (Å²) >= 11 is 0. The lowest BCUT2D eigenvalue weighted by Crippen LogP contribution is -2.49. The van der Waals surface area contributed by atoms with Crippen LogP contribution < -0.4 is 15.4 Å². The molecule has 3 N–H and O–H groups in total. The van der Waals surface area contributed by atoms with E-state index in [1.807, 2.05) is 68.4 Å². The minimum absolute atomic E-state index is 0.162. The Morgan fingerprint density at radius 1 is 1.03 bits per heavy atom. The normalized spacial score (nSPS) is 13.4. The molecule has 0 saturated heterocycles. The molecule has 0 bridgehead atoms. The van der Waals surface area contributed by atoms with Crippen molar-refractivity contribution in [3.05, 3.63) is 65.7 Å². The summed E-state index contributed by atoms with van der Waals surface area (Å²) in [6.07, 6.45) is 0.774. The van der Waals surface area contributed by atoms with Crippen molar-refractivity contribution in [3.63, 3.8) is 0 Å². The number of rotatable bonds is 17. The Labute approximate surface area is 216 Å². The van der Waals surface area contributed by atoms with E-state index < -0.39 is 28.1 Å². The van der Waals surface area contributed by atoms with Crippen molar-refractivity contribution in [2.75, 3.05) is 32.5 Å². The summed E-state index contributed by atoms with van der Waals surface area (Å²) in [5.41, 5.74) is 1.98. The van der Waals surface area contributed by atoms with Crippen LogP contribution in [0.3, 0.4) is 0 Å². The number of benzene rings is 2. The third-order valence-electron chi connectivity index (χ3n) is 5.85. The molecule has 2 atom stereocenters. The van der Waals surface area contributed by atoms with Crippen molar-refractivity contribution in [1.82, 2.24) is 14.9 Å². The maximum absolute atomic E-state index is 12.8. The number of amides is 1. The van der Waals surface area contributed by atoms with Gasteiger partial charge in [-0.25, -0.2) is 12.7 Å². The summed E-state index contributed by atoms with van der Waals surface area (Å²) in [5.74, 6) is 0.0291. The monoisotopic (exact) mass is 519 g/mol. The number of methoxy groups -OCH3 is 1. The predicted octanol–water partition coefficient (Wildman–Crippen LogP) is 2.72. The van der Waals surface area contributed by atoms with Crippen LogP contribution in [0.15, 0.2) is 54.6 Å². The lowest BCUT2D eigenvalue weighted by Gasteiger charge is -2.25. The molecule has 0 aliphatic carbocycles. The highest BCUT2D eigenvalue weighted by Gasteiger charge is 2.25. The molecule has 0 saturated carbocycles. The van der Waals surface area contributed by atoms with Crippen LogP contribution in [-0.2, 0) is 27.8 Å². The fraction of sp³-hybridized carbons (Fsp3) is 0.519. The topological polar surface area (TPSA) is 108 Å². The molecule has 9 heteroatoms. The van der Waals surface area contributed by atoms with Gasteiger partial charge in [-0.3, -0.25) is 4.79 Å². The summed E-state index contributed by atoms with van der Waals surface area (Å²) in [7, 11) is -1.94. The second-order valence-corrected chi connectivity index (χ2v) is 11.0. The second kappa shape index (κ2) is 15.6. The summed E-state index contributed by atoms with van der Waals surface area (Å²) in [6, 6.07) is 16.7. The first-order chi connectivity index (χ1) is 17.3. The van der Waals surface area contributed by atoms with Crippen molar-refractivity contribution in [2.45, 2.75) is 58.2 Å². The fourth-order valence-corrected chi connectivity index (χ4v) is 5.58. The standard InChI is InChI=1S/C27H41N3O5S/c1-4-15-30(16-5-2)36(33,34)17-14-27(32)29-25(19-23-12-9-13-24(18-23)35-3)26(31)21-28-20-22-10-7-6-8-11-22/h6-13,18,25-26,28,31H,4-5,14-17,19-21H2,1-3H3,(H,29,32)/t25-,26+/m0/s1. The number of hydrogen-bond acceptors (Lipinski definition) is 6. The van der Waals surface area contributed by atoms with Gasteiger partial charge in [0.1, 0.15) is 5.75 Å². The van der Waals surface area contributed by atoms with Crippen LogP contribution in [0.4, 0.5) is 0 Å². The quantitative estimate of drug-likeness (QED) is 0.297. The Balaban J connectivity index is 2.04. The molecule has 2 aromatic carbocycles. The van der Waals surface area contributed by atoms with Gasteiger partial charge in [-0.15, -0.1) is 0 Å². The Morgan fingerprint density at radius 2 is 1.69 bits per heavy atom. The minimum atomic E-state index is -3.53. The summed E-state index contributed by atoms with van der Waals surface area (Å²) in [5, 5.41) is 17.1. The van der Waals surface area contributed by atoms with E-state index in [-0.39, 0.29) is 18.7 Å². The minimum Gasteiger partial charge on any atom is -0.497 e. The van der Waals surface area contributed by atoms with E-state index in [2.05, 4.69) is 10.6 Å². The van der Waals surface area contributed by atoms with Crippen LogP contribution in [-0.4, -0.2) is 68.4 Å². The van der Waals surface area contributed by atoms with E-state index >= 15 is 0 Å². The summed E-state index contributed by atoms with van der Waals surface area (Å²) in [6.45, 7) is 5.61. The molecule has 0 aliphatic rings. The van der Waals surface area contributed by atoms with E-state index in [4.69, 9.17) is 4.74 Å². The molecule has 2 aromatic rings. The van der Waals surface area contributed by atoms with Crippen molar-refractivity contribution in [2.24, 2.45) is 0 Å². The molecule has 36 heavy (non-hydrogen) atoms. The molecule has 0 radical (unpaired) electrons. The molecule has 1 amide bonds. The molecule has 200 valence electrons. The number of ether oxygens (including phenoxy) is 1. The van der Waals surface area contributed by atoms with Gasteiger partial charge in [0.2, 0.25) is 15.9 Å². The first kappa shape index (κ1) is 29.8. The van der Waals surface area contributed by atoms with Crippen LogP contribution >= 0.6 is 0 Å². The van der Waals surface area contributed by atoms with Crippen molar-refractivity contribution < 1.29 is 23.1 Å². The van der Waals surface area contributed by atoms with Crippen LogP contribution in [0.5, 0.6) is 5.75 Å². The first-order valence-electron chi connectivity index (χ1n) is 12.6. The Morgan fingerprint density at radius 3 is 2.33 bits per heavy atom. The van der Waals surface area contributed by atoms with Gasteiger partial charge in [-0.05, 0) is 42.5 Å². The van der Waals surface area contributed by atoms with Gasteiger partial charge >= 0.3 is 0 Å². The van der Waals surface area contributed by atoms with Crippen LogP contribution in [0.25, 0.3) is 0 Å². The Kier molecular flexibility index (Phi) is 12.9.